The number of thiazole rings is 1. The van der Waals surface area contributed by atoms with Crippen LogP contribution in [0.5, 0.6) is 5.75 Å². The molecule has 1 aliphatic rings. The fraction of sp³-hybridized carbons (Fsp3) is 0.206. The van der Waals surface area contributed by atoms with Crippen LogP contribution in [-0.2, 0) is 22.6 Å². The molecule has 214 valence electrons. The van der Waals surface area contributed by atoms with E-state index in [0.717, 1.165) is 33.6 Å². The Morgan fingerprint density at radius 2 is 1.83 bits per heavy atom. The third-order valence-electron chi connectivity index (χ3n) is 6.96. The number of esters is 1. The van der Waals surface area contributed by atoms with Gasteiger partial charge in [-0.3, -0.25) is 9.36 Å². The second kappa shape index (κ2) is 12.8. The number of carbonyl (C=O) groups is 1. The Bertz CT molecular complexity index is 1850. The summed E-state index contributed by atoms with van der Waals surface area (Å²) in [4.78, 5) is 32.2. The van der Waals surface area contributed by atoms with Gasteiger partial charge in [0.05, 0.1) is 28.5 Å². The Kier molecular flexibility index (Phi) is 8.90. The Balaban J connectivity index is 1.55. The van der Waals surface area contributed by atoms with E-state index in [1.54, 1.807) is 18.4 Å². The second-order valence-electron chi connectivity index (χ2n) is 9.99. The van der Waals surface area contributed by atoms with Crippen molar-refractivity contribution in [1.29, 1.82) is 0 Å². The summed E-state index contributed by atoms with van der Waals surface area (Å²) in [7, 11) is 0. The zero-order chi connectivity index (χ0) is 29.8. The molecule has 0 saturated carbocycles. The van der Waals surface area contributed by atoms with Gasteiger partial charge in [-0.25, -0.2) is 9.79 Å². The molecule has 0 bridgehead atoms. The number of allylic oxidation sites excluding steroid dienone is 2. The summed E-state index contributed by atoms with van der Waals surface area (Å²) in [5, 5.41) is 0.679. The van der Waals surface area contributed by atoms with Gasteiger partial charge in [-0.05, 0) is 79.8 Å². The first-order chi connectivity index (χ1) is 20.3. The van der Waals surface area contributed by atoms with Crippen LogP contribution in [0.1, 0.15) is 47.7 Å². The molecule has 0 aliphatic carbocycles. The maximum atomic E-state index is 13.9. The van der Waals surface area contributed by atoms with E-state index in [9.17, 15) is 9.59 Å². The molecular weight excluding hydrogens is 568 g/mol. The lowest BCUT2D eigenvalue weighted by molar-refractivity contribution is -0.139. The average molecular weight is 599 g/mol. The number of aromatic nitrogens is 1. The topological polar surface area (TPSA) is 69.9 Å². The van der Waals surface area contributed by atoms with Crippen LogP contribution in [0.25, 0.3) is 6.08 Å². The van der Waals surface area contributed by atoms with Gasteiger partial charge in [-0.2, -0.15) is 0 Å². The molecular formula is C34H31ClN2O4S. The van der Waals surface area contributed by atoms with Crippen LogP contribution in [-0.4, -0.2) is 17.1 Å². The Hall–Kier alpha value is -4.20. The molecule has 0 radical (unpaired) electrons. The fourth-order valence-corrected chi connectivity index (χ4v) is 6.07. The number of rotatable bonds is 9. The molecule has 0 fully saturated rings. The van der Waals surface area contributed by atoms with Crippen molar-refractivity contribution in [2.45, 2.75) is 39.8 Å². The van der Waals surface area contributed by atoms with Crippen LogP contribution < -0.4 is 19.6 Å². The minimum atomic E-state index is -0.636. The van der Waals surface area contributed by atoms with Crippen LogP contribution in [0.15, 0.2) is 100 Å². The summed E-state index contributed by atoms with van der Waals surface area (Å²) < 4.78 is 13.6. The van der Waals surface area contributed by atoms with Gasteiger partial charge in [0.1, 0.15) is 12.4 Å². The summed E-state index contributed by atoms with van der Waals surface area (Å²) in [6.45, 7) is 10.1. The number of ether oxygens (including phenoxy) is 2. The van der Waals surface area contributed by atoms with E-state index in [1.165, 1.54) is 11.3 Å². The van der Waals surface area contributed by atoms with E-state index in [4.69, 9.17) is 21.1 Å². The average Bonchev–Trinajstić information content (AvgIpc) is 3.27. The Labute approximate surface area is 253 Å². The van der Waals surface area contributed by atoms with Crippen molar-refractivity contribution in [2.75, 3.05) is 6.61 Å². The van der Waals surface area contributed by atoms with E-state index in [2.05, 4.69) is 11.6 Å². The summed E-state index contributed by atoms with van der Waals surface area (Å²) in [5.74, 6) is 0.277. The van der Waals surface area contributed by atoms with Gasteiger partial charge in [0.2, 0.25) is 0 Å². The smallest absolute Gasteiger partial charge is 0.338 e. The number of hydrogen-bond acceptors (Lipinski definition) is 6. The van der Waals surface area contributed by atoms with Crippen molar-refractivity contribution in [3.8, 4) is 5.75 Å². The second-order valence-corrected chi connectivity index (χ2v) is 11.4. The van der Waals surface area contributed by atoms with Gasteiger partial charge in [0, 0.05) is 5.02 Å². The zero-order valence-electron chi connectivity index (χ0n) is 23.7. The number of benzene rings is 3. The van der Waals surface area contributed by atoms with Crippen LogP contribution in [0.4, 0.5) is 0 Å². The summed E-state index contributed by atoms with van der Waals surface area (Å²) in [5.41, 5.74) is 5.42. The molecule has 3 aromatic carbocycles. The van der Waals surface area contributed by atoms with Crippen LogP contribution in [0.3, 0.4) is 0 Å². The highest BCUT2D eigenvalue weighted by Gasteiger charge is 2.33. The van der Waals surface area contributed by atoms with Gasteiger partial charge in [0.25, 0.3) is 5.56 Å². The number of halogens is 1. The van der Waals surface area contributed by atoms with Crippen molar-refractivity contribution in [2.24, 2.45) is 4.99 Å². The van der Waals surface area contributed by atoms with E-state index in [1.807, 2.05) is 85.8 Å². The lowest BCUT2D eigenvalue weighted by Gasteiger charge is -2.24. The van der Waals surface area contributed by atoms with Crippen molar-refractivity contribution < 1.29 is 14.3 Å². The van der Waals surface area contributed by atoms with Gasteiger partial charge in [0.15, 0.2) is 4.80 Å². The van der Waals surface area contributed by atoms with Crippen LogP contribution in [0, 0.1) is 6.92 Å². The molecule has 2 heterocycles. The van der Waals surface area contributed by atoms with Crippen LogP contribution in [0.2, 0.25) is 5.02 Å². The molecule has 5 rings (SSSR count). The highest BCUT2D eigenvalue weighted by atomic mass is 35.5. The molecule has 1 aromatic heterocycles. The molecule has 6 nitrogen and oxygen atoms in total. The largest absolute Gasteiger partial charge is 0.489 e. The minimum Gasteiger partial charge on any atom is -0.489 e. The van der Waals surface area contributed by atoms with Crippen molar-refractivity contribution in [3.05, 3.63) is 143 Å². The summed E-state index contributed by atoms with van der Waals surface area (Å²) >= 11 is 7.30. The third-order valence-corrected chi connectivity index (χ3v) is 8.20. The van der Waals surface area contributed by atoms with E-state index < -0.39 is 12.0 Å². The first-order valence-corrected chi connectivity index (χ1v) is 14.9. The molecule has 0 N–H and O–H groups in total. The number of aryl methyl sites for hydroxylation is 1. The molecule has 0 amide bonds. The number of nitrogens with zero attached hydrogens (tertiary/aromatic N) is 2. The Morgan fingerprint density at radius 1 is 1.10 bits per heavy atom. The highest BCUT2D eigenvalue weighted by Crippen LogP contribution is 2.31. The van der Waals surface area contributed by atoms with Crippen molar-refractivity contribution in [3.63, 3.8) is 0 Å². The van der Waals surface area contributed by atoms with Crippen molar-refractivity contribution in [1.82, 2.24) is 4.57 Å². The van der Waals surface area contributed by atoms with Gasteiger partial charge in [-0.15, -0.1) is 6.58 Å². The maximum Gasteiger partial charge on any atom is 0.338 e. The first kappa shape index (κ1) is 29.3. The van der Waals surface area contributed by atoms with Gasteiger partial charge in [-0.1, -0.05) is 77.0 Å². The maximum absolute atomic E-state index is 13.9. The lowest BCUT2D eigenvalue weighted by atomic mass is 9.95. The number of fused-ring (bicyclic) bond motifs is 1. The highest BCUT2D eigenvalue weighted by molar-refractivity contribution is 7.07. The van der Waals surface area contributed by atoms with E-state index in [0.29, 0.717) is 38.7 Å². The number of carbonyl (C=O) groups excluding carboxylic acids is 1. The normalized spacial score (nSPS) is 14.8. The molecule has 1 atom stereocenters. The monoisotopic (exact) mass is 598 g/mol. The van der Waals surface area contributed by atoms with Gasteiger partial charge >= 0.3 is 5.97 Å². The predicted molar refractivity (Wildman–Crippen MR) is 168 cm³/mol. The molecule has 0 spiro atoms. The molecule has 1 aliphatic heterocycles. The number of hydrogen-bond donors (Lipinski definition) is 0. The molecule has 0 saturated heterocycles. The predicted octanol–water partition coefficient (Wildman–Crippen LogP) is 6.07. The summed E-state index contributed by atoms with van der Waals surface area (Å²) in [6.07, 6.45) is 4.28. The molecule has 4 aromatic rings. The van der Waals surface area contributed by atoms with Crippen LogP contribution >= 0.6 is 22.9 Å². The molecule has 8 heteroatoms. The summed E-state index contributed by atoms with van der Waals surface area (Å²) in [6, 6.07) is 20.6. The third kappa shape index (κ3) is 6.17. The quantitative estimate of drug-likeness (QED) is 0.173. The first-order valence-electron chi connectivity index (χ1n) is 13.7. The van der Waals surface area contributed by atoms with E-state index >= 15 is 0 Å². The molecule has 0 unspecified atom stereocenters. The van der Waals surface area contributed by atoms with E-state index in [-0.39, 0.29) is 12.2 Å². The van der Waals surface area contributed by atoms with Gasteiger partial charge < -0.3 is 9.47 Å². The minimum absolute atomic E-state index is 0.216. The zero-order valence-corrected chi connectivity index (χ0v) is 25.3. The SMILES string of the molecule is C=CCc1cc(/C=c2/sc3n(c2=O)[C@H](c2ccc(C)cc2)C(C(=O)OCC)=C(C)N=3)ccc1OCc1ccc(Cl)cc1. The fourth-order valence-electron chi connectivity index (χ4n) is 4.89. The lowest BCUT2D eigenvalue weighted by Crippen LogP contribution is -2.39. The molecule has 42 heavy (non-hydrogen) atoms. The van der Waals surface area contributed by atoms with Crippen molar-refractivity contribution >= 4 is 35.0 Å². The standard InChI is InChI=1S/C34H31ClN2O4S/c1-5-7-26-18-24(12-17-28(26)41-20-23-10-15-27(35)16-11-23)19-29-32(38)37-31(25-13-8-21(3)9-14-25)30(33(39)40-6-2)22(4)36-34(37)42-29/h5,8-19,31H,1,6-7,20H2,2-4H3/b29-19+/t31-/m1/s1. The Morgan fingerprint density at radius 3 is 2.52 bits per heavy atom.